The van der Waals surface area contributed by atoms with Crippen molar-refractivity contribution < 1.29 is 9.59 Å². The summed E-state index contributed by atoms with van der Waals surface area (Å²) >= 11 is 2.02. The Bertz CT molecular complexity index is 425. The molecule has 2 rings (SSSR count). The maximum absolute atomic E-state index is 11.8. The third kappa shape index (κ3) is 4.38. The van der Waals surface area contributed by atoms with E-state index in [1.54, 1.807) is 7.05 Å². The van der Waals surface area contributed by atoms with Crippen LogP contribution in [0.1, 0.15) is 32.6 Å². The smallest absolute Gasteiger partial charge is 0.229 e. The summed E-state index contributed by atoms with van der Waals surface area (Å²) in [7, 11) is 1.78. The first kappa shape index (κ1) is 17.1. The highest BCUT2D eigenvalue weighted by molar-refractivity contribution is 8.00. The van der Waals surface area contributed by atoms with Gasteiger partial charge >= 0.3 is 0 Å². The van der Waals surface area contributed by atoms with Gasteiger partial charge in [-0.3, -0.25) is 19.5 Å². The maximum atomic E-state index is 11.8. The molecule has 2 aliphatic rings. The Kier molecular flexibility index (Phi) is 6.54. The molecular weight excluding hydrogens is 300 g/mol. The summed E-state index contributed by atoms with van der Waals surface area (Å²) in [5, 5.41) is 3.94. The minimum Gasteiger partial charge on any atom is -0.354 e. The molecule has 0 bridgehead atoms. The molecule has 0 aliphatic carbocycles. The molecule has 2 aliphatic heterocycles. The molecule has 6 nitrogen and oxygen atoms in total. The number of carbonyl (C=O) groups is 2. The van der Waals surface area contributed by atoms with Crippen LogP contribution in [0.25, 0.3) is 0 Å². The summed E-state index contributed by atoms with van der Waals surface area (Å²) in [4.78, 5) is 31.5. The fourth-order valence-electron chi connectivity index (χ4n) is 2.82. The summed E-state index contributed by atoms with van der Waals surface area (Å²) < 4.78 is 0. The van der Waals surface area contributed by atoms with E-state index in [1.165, 1.54) is 4.90 Å². The normalized spacial score (nSPS) is 23.9. The van der Waals surface area contributed by atoms with Crippen LogP contribution in [0.3, 0.4) is 0 Å². The SMILES string of the molecule is CCC1CN(C(=NC)NCCN2C(=O)CCCC2=O)CCS1. The molecule has 0 spiro atoms. The van der Waals surface area contributed by atoms with Crippen molar-refractivity contribution in [3.05, 3.63) is 0 Å². The van der Waals surface area contributed by atoms with Crippen molar-refractivity contribution in [1.82, 2.24) is 15.1 Å². The van der Waals surface area contributed by atoms with E-state index in [9.17, 15) is 9.59 Å². The van der Waals surface area contributed by atoms with Gasteiger partial charge in [-0.1, -0.05) is 6.92 Å². The van der Waals surface area contributed by atoms with Crippen molar-refractivity contribution in [1.29, 1.82) is 0 Å². The van der Waals surface area contributed by atoms with Gasteiger partial charge in [0.05, 0.1) is 0 Å². The monoisotopic (exact) mass is 326 g/mol. The lowest BCUT2D eigenvalue weighted by Crippen LogP contribution is -2.50. The summed E-state index contributed by atoms with van der Waals surface area (Å²) in [6.07, 6.45) is 2.83. The van der Waals surface area contributed by atoms with Crippen LogP contribution in [0.2, 0.25) is 0 Å². The van der Waals surface area contributed by atoms with E-state index < -0.39 is 0 Å². The van der Waals surface area contributed by atoms with E-state index in [0.29, 0.717) is 37.6 Å². The summed E-state index contributed by atoms with van der Waals surface area (Å²) in [6.45, 7) is 5.19. The van der Waals surface area contributed by atoms with Crippen molar-refractivity contribution >= 4 is 29.5 Å². The molecule has 0 saturated carbocycles. The van der Waals surface area contributed by atoms with Crippen molar-refractivity contribution in [3.63, 3.8) is 0 Å². The van der Waals surface area contributed by atoms with E-state index in [-0.39, 0.29) is 11.8 Å². The number of piperidine rings is 1. The highest BCUT2D eigenvalue weighted by atomic mass is 32.2. The minimum atomic E-state index is -0.0477. The van der Waals surface area contributed by atoms with Crippen LogP contribution in [0.5, 0.6) is 0 Å². The van der Waals surface area contributed by atoms with Crippen LogP contribution in [-0.2, 0) is 9.59 Å². The Morgan fingerprint density at radius 3 is 2.73 bits per heavy atom. The number of aliphatic imine (C=N–C) groups is 1. The highest BCUT2D eigenvalue weighted by Crippen LogP contribution is 2.21. The Labute approximate surface area is 136 Å². The van der Waals surface area contributed by atoms with Crippen LogP contribution in [0.4, 0.5) is 0 Å². The second-order valence-corrected chi connectivity index (χ2v) is 7.02. The fourth-order valence-corrected chi connectivity index (χ4v) is 4.00. The molecule has 0 radical (unpaired) electrons. The number of likely N-dealkylation sites (tertiary alicyclic amines) is 1. The number of guanidine groups is 1. The largest absolute Gasteiger partial charge is 0.354 e. The van der Waals surface area contributed by atoms with Gasteiger partial charge in [0.25, 0.3) is 0 Å². The van der Waals surface area contributed by atoms with E-state index >= 15 is 0 Å². The van der Waals surface area contributed by atoms with Gasteiger partial charge in [0.1, 0.15) is 0 Å². The average molecular weight is 326 g/mol. The second kappa shape index (κ2) is 8.41. The van der Waals surface area contributed by atoms with Gasteiger partial charge in [-0.25, -0.2) is 0 Å². The second-order valence-electron chi connectivity index (χ2n) is 5.61. The average Bonchev–Trinajstić information content (AvgIpc) is 2.54. The number of carbonyl (C=O) groups excluding carboxylic acids is 2. The van der Waals surface area contributed by atoms with Gasteiger partial charge in [-0.15, -0.1) is 0 Å². The zero-order chi connectivity index (χ0) is 15.9. The van der Waals surface area contributed by atoms with Gasteiger partial charge in [-0.2, -0.15) is 11.8 Å². The minimum absolute atomic E-state index is 0.0477. The summed E-state index contributed by atoms with van der Waals surface area (Å²) in [5.41, 5.74) is 0. The van der Waals surface area contributed by atoms with E-state index in [1.807, 2.05) is 11.8 Å². The maximum Gasteiger partial charge on any atom is 0.229 e. The predicted octanol–water partition coefficient (Wildman–Crippen LogP) is 0.928. The zero-order valence-corrected chi connectivity index (χ0v) is 14.3. The third-order valence-corrected chi connectivity index (χ3v) is 5.48. The fraction of sp³-hybridized carbons (Fsp3) is 0.800. The quantitative estimate of drug-likeness (QED) is 0.473. The lowest BCUT2D eigenvalue weighted by Gasteiger charge is -2.34. The number of rotatable bonds is 4. The number of amides is 2. The van der Waals surface area contributed by atoms with Gasteiger partial charge in [0.15, 0.2) is 5.96 Å². The Morgan fingerprint density at radius 1 is 1.36 bits per heavy atom. The first-order chi connectivity index (χ1) is 10.7. The van der Waals surface area contributed by atoms with Crippen LogP contribution in [0, 0.1) is 0 Å². The summed E-state index contributed by atoms with van der Waals surface area (Å²) in [5.74, 6) is 1.89. The molecule has 1 atom stereocenters. The lowest BCUT2D eigenvalue weighted by atomic mass is 10.1. The molecule has 2 saturated heterocycles. The molecular formula is C15H26N4O2S. The molecule has 2 amide bonds. The van der Waals surface area contributed by atoms with E-state index in [4.69, 9.17) is 0 Å². The topological polar surface area (TPSA) is 65.0 Å². The molecule has 2 heterocycles. The Hall–Kier alpha value is -1.24. The molecule has 0 aromatic rings. The highest BCUT2D eigenvalue weighted by Gasteiger charge is 2.26. The number of nitrogens with zero attached hydrogens (tertiary/aromatic N) is 3. The third-order valence-electron chi connectivity index (χ3n) is 4.11. The number of nitrogens with one attached hydrogen (secondary N) is 1. The van der Waals surface area contributed by atoms with Crippen molar-refractivity contribution in [2.24, 2.45) is 4.99 Å². The number of thioether (sulfide) groups is 1. The summed E-state index contributed by atoms with van der Waals surface area (Å²) in [6, 6.07) is 0. The molecule has 1 N–H and O–H groups in total. The molecule has 2 fully saturated rings. The molecule has 0 aromatic heterocycles. The predicted molar refractivity (Wildman–Crippen MR) is 90.0 cm³/mol. The van der Waals surface area contributed by atoms with E-state index in [2.05, 4.69) is 22.1 Å². The van der Waals surface area contributed by atoms with Gasteiger partial charge in [-0.05, 0) is 12.8 Å². The van der Waals surface area contributed by atoms with Crippen molar-refractivity contribution in [3.8, 4) is 0 Å². The first-order valence-corrected chi connectivity index (χ1v) is 9.11. The number of hydrogen-bond donors (Lipinski definition) is 1. The van der Waals surface area contributed by atoms with Gasteiger partial charge in [0.2, 0.25) is 11.8 Å². The molecule has 22 heavy (non-hydrogen) atoms. The van der Waals surface area contributed by atoms with Crippen molar-refractivity contribution in [2.75, 3.05) is 39.0 Å². The molecule has 0 aromatic carbocycles. The molecule has 124 valence electrons. The van der Waals surface area contributed by atoms with Crippen LogP contribution < -0.4 is 5.32 Å². The standard InChI is InChI=1S/C15H26N4O2S/c1-3-12-11-18(9-10-22-12)15(16-2)17-7-8-19-13(20)5-4-6-14(19)21/h12H,3-11H2,1-2H3,(H,16,17). The Balaban J connectivity index is 1.81. The van der Waals surface area contributed by atoms with Crippen LogP contribution in [0.15, 0.2) is 4.99 Å². The molecule has 7 heteroatoms. The zero-order valence-electron chi connectivity index (χ0n) is 13.5. The molecule has 1 unspecified atom stereocenters. The van der Waals surface area contributed by atoms with Gasteiger partial charge in [0, 0.05) is 57.1 Å². The lowest BCUT2D eigenvalue weighted by molar-refractivity contribution is -0.147. The Morgan fingerprint density at radius 2 is 2.09 bits per heavy atom. The van der Waals surface area contributed by atoms with Crippen LogP contribution >= 0.6 is 11.8 Å². The first-order valence-electron chi connectivity index (χ1n) is 8.06. The number of imide groups is 1. The van der Waals surface area contributed by atoms with E-state index in [0.717, 1.165) is 31.2 Å². The number of hydrogen-bond acceptors (Lipinski definition) is 4. The van der Waals surface area contributed by atoms with Gasteiger partial charge < -0.3 is 10.2 Å². The van der Waals surface area contributed by atoms with Crippen molar-refractivity contribution in [2.45, 2.75) is 37.9 Å². The van der Waals surface area contributed by atoms with Crippen LogP contribution in [-0.4, -0.2) is 71.8 Å².